The minimum absolute atomic E-state index is 0.0878. The van der Waals surface area contributed by atoms with Gasteiger partial charge in [-0.25, -0.2) is 4.98 Å². The van der Waals surface area contributed by atoms with Crippen LogP contribution in [0.3, 0.4) is 0 Å². The van der Waals surface area contributed by atoms with Gasteiger partial charge >= 0.3 is 0 Å². The number of hydrogen-bond donors (Lipinski definition) is 1. The van der Waals surface area contributed by atoms with Crippen LogP contribution in [0.2, 0.25) is 0 Å². The predicted octanol–water partition coefficient (Wildman–Crippen LogP) is 3.06. The summed E-state index contributed by atoms with van der Waals surface area (Å²) in [5.74, 6) is 0.915. The molecule has 86 valence electrons. The zero-order valence-corrected chi connectivity index (χ0v) is 10.3. The maximum atomic E-state index is 9.45. The standard InChI is InChI=1S/C14H15N3/c1-9-16-11-5-4-10(6-12(11)17-9)14(8-15)7-13(14,2)3/h4-6H,7H2,1-3H3,(H,16,17). The second kappa shape index (κ2) is 2.89. The molecule has 1 unspecified atom stereocenters. The molecule has 1 atom stereocenters. The molecule has 1 heterocycles. The molecular formula is C14H15N3. The molecule has 17 heavy (non-hydrogen) atoms. The number of nitrogens with zero attached hydrogens (tertiary/aromatic N) is 2. The van der Waals surface area contributed by atoms with Crippen LogP contribution in [0.25, 0.3) is 11.0 Å². The fourth-order valence-corrected chi connectivity index (χ4v) is 2.77. The summed E-state index contributed by atoms with van der Waals surface area (Å²) < 4.78 is 0. The first-order valence-corrected chi connectivity index (χ1v) is 5.87. The smallest absolute Gasteiger partial charge is 0.104 e. The van der Waals surface area contributed by atoms with E-state index in [1.807, 2.05) is 19.1 Å². The van der Waals surface area contributed by atoms with E-state index in [1.165, 1.54) is 0 Å². The van der Waals surface area contributed by atoms with E-state index >= 15 is 0 Å². The number of fused-ring (bicyclic) bond motifs is 1. The van der Waals surface area contributed by atoms with Crippen LogP contribution in [-0.4, -0.2) is 9.97 Å². The molecule has 1 aliphatic rings. The summed E-state index contributed by atoms with van der Waals surface area (Å²) in [7, 11) is 0. The van der Waals surface area contributed by atoms with E-state index in [-0.39, 0.29) is 10.8 Å². The molecule has 1 aliphatic carbocycles. The van der Waals surface area contributed by atoms with Gasteiger partial charge < -0.3 is 4.98 Å². The second-order valence-electron chi connectivity index (χ2n) is 5.63. The summed E-state index contributed by atoms with van der Waals surface area (Å²) in [5, 5.41) is 9.45. The van der Waals surface area contributed by atoms with Crippen LogP contribution in [0.1, 0.15) is 31.7 Å². The lowest BCUT2D eigenvalue weighted by molar-refractivity contribution is 0.570. The van der Waals surface area contributed by atoms with E-state index < -0.39 is 0 Å². The summed E-state index contributed by atoms with van der Waals surface area (Å²) >= 11 is 0. The lowest BCUT2D eigenvalue weighted by atomic mass is 9.89. The Balaban J connectivity index is 2.17. The Bertz CT molecular complexity index is 645. The van der Waals surface area contributed by atoms with Crippen LogP contribution in [0.4, 0.5) is 0 Å². The molecule has 0 radical (unpaired) electrons. The van der Waals surface area contributed by atoms with E-state index in [4.69, 9.17) is 0 Å². The van der Waals surface area contributed by atoms with Crippen molar-refractivity contribution in [1.29, 1.82) is 5.26 Å². The highest BCUT2D eigenvalue weighted by Gasteiger charge is 2.63. The molecular weight excluding hydrogens is 210 g/mol. The lowest BCUT2D eigenvalue weighted by Gasteiger charge is -2.12. The average molecular weight is 225 g/mol. The largest absolute Gasteiger partial charge is 0.342 e. The molecule has 0 saturated heterocycles. The molecule has 3 heteroatoms. The molecule has 1 fully saturated rings. The first-order valence-electron chi connectivity index (χ1n) is 5.87. The van der Waals surface area contributed by atoms with E-state index in [1.54, 1.807) is 0 Å². The maximum absolute atomic E-state index is 9.45. The molecule has 1 aromatic carbocycles. The van der Waals surface area contributed by atoms with Gasteiger partial charge in [-0.1, -0.05) is 19.9 Å². The number of rotatable bonds is 1. The molecule has 1 N–H and O–H groups in total. The number of nitrogens with one attached hydrogen (secondary N) is 1. The van der Waals surface area contributed by atoms with Gasteiger partial charge in [0.25, 0.3) is 0 Å². The normalized spacial score (nSPS) is 25.8. The van der Waals surface area contributed by atoms with Crippen molar-refractivity contribution in [3.8, 4) is 6.07 Å². The summed E-state index contributed by atoms with van der Waals surface area (Å²) in [6, 6.07) is 8.62. The summed E-state index contributed by atoms with van der Waals surface area (Å²) in [4.78, 5) is 7.61. The van der Waals surface area contributed by atoms with Crippen molar-refractivity contribution in [2.75, 3.05) is 0 Å². The number of benzene rings is 1. The summed E-state index contributed by atoms with van der Waals surface area (Å²) in [6.45, 7) is 6.25. The highest BCUT2D eigenvalue weighted by atomic mass is 14.9. The van der Waals surface area contributed by atoms with Crippen LogP contribution < -0.4 is 0 Å². The van der Waals surface area contributed by atoms with Crippen molar-refractivity contribution >= 4 is 11.0 Å². The number of aromatic nitrogens is 2. The maximum Gasteiger partial charge on any atom is 0.104 e. The molecule has 0 bridgehead atoms. The van der Waals surface area contributed by atoms with Gasteiger partial charge in [0.1, 0.15) is 5.82 Å². The van der Waals surface area contributed by atoms with Gasteiger partial charge in [-0.3, -0.25) is 0 Å². The van der Waals surface area contributed by atoms with Gasteiger partial charge in [0.2, 0.25) is 0 Å². The number of aryl methyl sites for hydroxylation is 1. The molecule has 0 spiro atoms. The number of nitriles is 1. The van der Waals surface area contributed by atoms with Gasteiger partial charge in [0.05, 0.1) is 22.5 Å². The Hall–Kier alpha value is -1.82. The van der Waals surface area contributed by atoms with Crippen molar-refractivity contribution in [2.45, 2.75) is 32.6 Å². The van der Waals surface area contributed by atoms with Gasteiger partial charge in [-0.15, -0.1) is 0 Å². The van der Waals surface area contributed by atoms with Crippen LogP contribution in [0.15, 0.2) is 18.2 Å². The highest BCUT2D eigenvalue weighted by Crippen LogP contribution is 2.63. The SMILES string of the molecule is Cc1nc2ccc(C3(C#N)CC3(C)C)cc2[nH]1. The molecule has 1 saturated carbocycles. The van der Waals surface area contributed by atoms with Crippen LogP contribution >= 0.6 is 0 Å². The fraction of sp³-hybridized carbons (Fsp3) is 0.429. The van der Waals surface area contributed by atoms with Crippen molar-refractivity contribution in [1.82, 2.24) is 9.97 Å². The Morgan fingerprint density at radius 1 is 1.41 bits per heavy atom. The topological polar surface area (TPSA) is 52.5 Å². The molecule has 1 aromatic heterocycles. The zero-order chi connectivity index (χ0) is 12.3. The van der Waals surface area contributed by atoms with E-state index in [2.05, 4.69) is 36.0 Å². The third-order valence-electron chi connectivity index (χ3n) is 4.02. The van der Waals surface area contributed by atoms with Gasteiger partial charge in [-0.05, 0) is 36.5 Å². The minimum atomic E-state index is -0.305. The quantitative estimate of drug-likeness (QED) is 0.810. The first kappa shape index (κ1) is 10.3. The Morgan fingerprint density at radius 3 is 2.71 bits per heavy atom. The van der Waals surface area contributed by atoms with Gasteiger partial charge in [0.15, 0.2) is 0 Å². The van der Waals surface area contributed by atoms with Gasteiger partial charge in [0, 0.05) is 0 Å². The first-order chi connectivity index (χ1) is 7.98. The Morgan fingerprint density at radius 2 is 2.12 bits per heavy atom. The third-order valence-corrected chi connectivity index (χ3v) is 4.02. The lowest BCUT2D eigenvalue weighted by Crippen LogP contribution is -2.11. The van der Waals surface area contributed by atoms with Crippen molar-refractivity contribution in [2.24, 2.45) is 5.41 Å². The fourth-order valence-electron chi connectivity index (χ4n) is 2.77. The van der Waals surface area contributed by atoms with Crippen LogP contribution in [0.5, 0.6) is 0 Å². The minimum Gasteiger partial charge on any atom is -0.342 e. The summed E-state index contributed by atoms with van der Waals surface area (Å²) in [5.41, 5.74) is 2.89. The van der Waals surface area contributed by atoms with E-state index in [0.717, 1.165) is 28.8 Å². The van der Waals surface area contributed by atoms with E-state index in [0.29, 0.717) is 0 Å². The van der Waals surface area contributed by atoms with Crippen LogP contribution in [0, 0.1) is 23.7 Å². The zero-order valence-electron chi connectivity index (χ0n) is 10.3. The van der Waals surface area contributed by atoms with Crippen molar-refractivity contribution < 1.29 is 0 Å². The monoisotopic (exact) mass is 225 g/mol. The number of aromatic amines is 1. The third kappa shape index (κ3) is 1.24. The van der Waals surface area contributed by atoms with Gasteiger partial charge in [-0.2, -0.15) is 5.26 Å². The molecule has 0 amide bonds. The molecule has 3 rings (SSSR count). The average Bonchev–Trinajstić information content (AvgIpc) is 2.65. The Kier molecular flexibility index (Phi) is 1.76. The molecule has 3 nitrogen and oxygen atoms in total. The second-order valence-corrected chi connectivity index (χ2v) is 5.63. The predicted molar refractivity (Wildman–Crippen MR) is 66.5 cm³/mol. The summed E-state index contributed by atoms with van der Waals surface area (Å²) in [6.07, 6.45) is 0.940. The highest BCUT2D eigenvalue weighted by molar-refractivity contribution is 5.77. The number of H-pyrrole nitrogens is 1. The van der Waals surface area contributed by atoms with Crippen LogP contribution in [-0.2, 0) is 5.41 Å². The molecule has 0 aliphatic heterocycles. The molecule has 2 aromatic rings. The number of imidazole rings is 1. The van der Waals surface area contributed by atoms with Crippen molar-refractivity contribution in [3.05, 3.63) is 29.6 Å². The van der Waals surface area contributed by atoms with E-state index in [9.17, 15) is 5.26 Å². The van der Waals surface area contributed by atoms with Crippen molar-refractivity contribution in [3.63, 3.8) is 0 Å². The number of hydrogen-bond acceptors (Lipinski definition) is 2. The Labute approximate surface area is 100 Å².